The molecule has 0 saturated heterocycles. The van der Waals surface area contributed by atoms with E-state index in [1.807, 2.05) is 0 Å². The number of nitrogens with zero attached hydrogens (tertiary/aromatic N) is 1. The van der Waals surface area contributed by atoms with Crippen LogP contribution in [0, 0.1) is 10.1 Å². The van der Waals surface area contributed by atoms with Gasteiger partial charge in [0.15, 0.2) is 0 Å². The van der Waals surface area contributed by atoms with Gasteiger partial charge in [0.25, 0.3) is 5.69 Å². The molecule has 1 N–H and O–H groups in total. The van der Waals surface area contributed by atoms with Gasteiger partial charge in [0.2, 0.25) is 5.91 Å². The van der Waals surface area contributed by atoms with Crippen molar-refractivity contribution in [3.05, 3.63) is 74.8 Å². The van der Waals surface area contributed by atoms with Crippen LogP contribution in [0.15, 0.2) is 59.1 Å². The van der Waals surface area contributed by atoms with E-state index in [2.05, 4.69) is 21.2 Å². The number of amides is 1. The summed E-state index contributed by atoms with van der Waals surface area (Å²) in [5, 5.41) is 13.5. The minimum Gasteiger partial charge on any atom is -0.323 e. The van der Waals surface area contributed by atoms with Gasteiger partial charge in [-0.15, -0.1) is 0 Å². The lowest BCUT2D eigenvalue weighted by Crippen LogP contribution is -2.07. The predicted octanol–water partition coefficient (Wildman–Crippen LogP) is 4.01. The maximum absolute atomic E-state index is 11.8. The zero-order valence-corrected chi connectivity index (χ0v) is 12.4. The van der Waals surface area contributed by atoms with E-state index in [-0.39, 0.29) is 11.6 Å². The molecule has 0 spiro atoms. The molecular formula is C15H11BrN2O3. The lowest BCUT2D eigenvalue weighted by atomic mass is 10.1. The molecule has 2 aromatic carbocycles. The van der Waals surface area contributed by atoms with Crippen LogP contribution in [-0.4, -0.2) is 10.8 Å². The van der Waals surface area contributed by atoms with Crippen LogP contribution < -0.4 is 5.32 Å². The molecule has 6 heteroatoms. The Balaban J connectivity index is 2.09. The number of nitrogens with one attached hydrogen (secondary N) is 1. The second kappa shape index (κ2) is 6.81. The van der Waals surface area contributed by atoms with Gasteiger partial charge in [-0.1, -0.05) is 28.1 Å². The number of hydrogen-bond acceptors (Lipinski definition) is 3. The summed E-state index contributed by atoms with van der Waals surface area (Å²) in [5.74, 6) is -0.351. The molecule has 0 fully saturated rings. The van der Waals surface area contributed by atoms with Gasteiger partial charge in [0.1, 0.15) is 0 Å². The van der Waals surface area contributed by atoms with Crippen LogP contribution in [0.2, 0.25) is 0 Å². The first-order chi connectivity index (χ1) is 10.1. The Morgan fingerprint density at radius 3 is 2.48 bits per heavy atom. The van der Waals surface area contributed by atoms with E-state index in [0.29, 0.717) is 11.3 Å². The van der Waals surface area contributed by atoms with Crippen molar-refractivity contribution >= 4 is 39.3 Å². The van der Waals surface area contributed by atoms with E-state index in [1.165, 1.54) is 18.2 Å². The minimum absolute atomic E-state index is 0.0369. The maximum atomic E-state index is 11.8. The van der Waals surface area contributed by atoms with Crippen LogP contribution in [0.4, 0.5) is 11.4 Å². The number of nitro benzene ring substituents is 1. The van der Waals surface area contributed by atoms with Gasteiger partial charge in [-0.3, -0.25) is 14.9 Å². The molecule has 0 radical (unpaired) electrons. The van der Waals surface area contributed by atoms with Crippen molar-refractivity contribution < 1.29 is 9.72 Å². The van der Waals surface area contributed by atoms with Crippen LogP contribution in [0.5, 0.6) is 0 Å². The lowest BCUT2D eigenvalue weighted by molar-refractivity contribution is -0.385. The van der Waals surface area contributed by atoms with E-state index in [4.69, 9.17) is 0 Å². The van der Waals surface area contributed by atoms with Crippen molar-refractivity contribution in [3.63, 3.8) is 0 Å². The fourth-order valence-corrected chi connectivity index (χ4v) is 1.94. The van der Waals surface area contributed by atoms with E-state index >= 15 is 0 Å². The van der Waals surface area contributed by atoms with Gasteiger partial charge in [-0.05, 0) is 36.4 Å². The predicted molar refractivity (Wildman–Crippen MR) is 84.9 cm³/mol. The van der Waals surface area contributed by atoms with E-state index in [0.717, 1.165) is 4.47 Å². The molecule has 0 atom stereocenters. The monoisotopic (exact) mass is 346 g/mol. The smallest absolute Gasteiger partial charge is 0.276 e. The fraction of sp³-hybridized carbons (Fsp3) is 0. The normalized spacial score (nSPS) is 10.5. The highest BCUT2D eigenvalue weighted by Gasteiger charge is 2.09. The van der Waals surface area contributed by atoms with Gasteiger partial charge in [-0.25, -0.2) is 0 Å². The minimum atomic E-state index is -0.480. The van der Waals surface area contributed by atoms with Gasteiger partial charge in [-0.2, -0.15) is 0 Å². The van der Waals surface area contributed by atoms with E-state index < -0.39 is 4.92 Å². The number of hydrogen-bond donors (Lipinski definition) is 1. The van der Waals surface area contributed by atoms with Crippen LogP contribution in [0.3, 0.4) is 0 Å². The first-order valence-electron chi connectivity index (χ1n) is 6.04. The third-order valence-corrected chi connectivity index (χ3v) is 3.19. The molecule has 106 valence electrons. The Morgan fingerprint density at radius 1 is 1.14 bits per heavy atom. The molecule has 0 aliphatic carbocycles. The maximum Gasteiger partial charge on any atom is 0.276 e. The Kier molecular flexibility index (Phi) is 4.84. The van der Waals surface area contributed by atoms with Gasteiger partial charge < -0.3 is 5.32 Å². The zero-order valence-electron chi connectivity index (χ0n) is 10.8. The average molecular weight is 347 g/mol. The number of benzene rings is 2. The molecule has 1 amide bonds. The van der Waals surface area contributed by atoms with Crippen molar-refractivity contribution in [2.75, 3.05) is 5.32 Å². The van der Waals surface area contributed by atoms with Crippen LogP contribution in [0.1, 0.15) is 5.56 Å². The third kappa shape index (κ3) is 4.25. The average Bonchev–Trinajstić information content (AvgIpc) is 2.48. The molecule has 0 aliphatic rings. The standard InChI is InChI=1S/C15H11BrN2O3/c16-12-6-8-13(9-7-12)17-15(19)10-5-11-3-1-2-4-14(11)18(20)21/h1-10H,(H,17,19)/b10-5+. The lowest BCUT2D eigenvalue weighted by Gasteiger charge is -2.02. The fourth-order valence-electron chi connectivity index (χ4n) is 1.68. The Labute approximate surface area is 129 Å². The second-order valence-electron chi connectivity index (χ2n) is 4.15. The Morgan fingerprint density at radius 2 is 1.81 bits per heavy atom. The first-order valence-corrected chi connectivity index (χ1v) is 6.83. The molecule has 0 bridgehead atoms. The molecule has 2 rings (SSSR count). The quantitative estimate of drug-likeness (QED) is 0.516. The van der Waals surface area contributed by atoms with Crippen molar-refractivity contribution in [3.8, 4) is 0 Å². The van der Waals surface area contributed by atoms with Crippen molar-refractivity contribution in [1.29, 1.82) is 0 Å². The highest BCUT2D eigenvalue weighted by atomic mass is 79.9. The highest BCUT2D eigenvalue weighted by Crippen LogP contribution is 2.19. The molecule has 0 heterocycles. The van der Waals surface area contributed by atoms with Crippen molar-refractivity contribution in [2.45, 2.75) is 0 Å². The first kappa shape index (κ1) is 14.9. The van der Waals surface area contributed by atoms with Crippen molar-refractivity contribution in [2.24, 2.45) is 0 Å². The van der Waals surface area contributed by atoms with Gasteiger partial charge >= 0.3 is 0 Å². The molecule has 0 aliphatic heterocycles. The summed E-state index contributed by atoms with van der Waals surface area (Å²) in [6.45, 7) is 0. The van der Waals surface area contributed by atoms with Crippen molar-refractivity contribution in [1.82, 2.24) is 0 Å². The molecule has 0 aromatic heterocycles. The van der Waals surface area contributed by atoms with Gasteiger partial charge in [0, 0.05) is 22.3 Å². The number of halogens is 1. The molecule has 5 nitrogen and oxygen atoms in total. The molecule has 2 aromatic rings. The summed E-state index contributed by atoms with van der Waals surface area (Å²) in [4.78, 5) is 22.1. The molecule has 21 heavy (non-hydrogen) atoms. The Bertz CT molecular complexity index is 696. The number of anilines is 1. The summed E-state index contributed by atoms with van der Waals surface area (Å²) in [5.41, 5.74) is 0.994. The van der Waals surface area contributed by atoms with E-state index in [1.54, 1.807) is 42.5 Å². The SMILES string of the molecule is O=C(/C=C/c1ccccc1[N+](=O)[O-])Nc1ccc(Br)cc1. The molecular weight excluding hydrogens is 336 g/mol. The highest BCUT2D eigenvalue weighted by molar-refractivity contribution is 9.10. The largest absolute Gasteiger partial charge is 0.323 e. The molecule has 0 unspecified atom stereocenters. The number of carbonyl (C=O) groups excluding carboxylic acids is 1. The number of para-hydroxylation sites is 1. The topological polar surface area (TPSA) is 72.2 Å². The second-order valence-corrected chi connectivity index (χ2v) is 5.06. The summed E-state index contributed by atoms with van der Waals surface area (Å²) in [6.07, 6.45) is 2.69. The van der Waals surface area contributed by atoms with Crippen LogP contribution in [-0.2, 0) is 4.79 Å². The number of nitro groups is 1. The summed E-state index contributed by atoms with van der Waals surface area (Å²) < 4.78 is 0.913. The van der Waals surface area contributed by atoms with Gasteiger partial charge in [0.05, 0.1) is 10.5 Å². The summed E-state index contributed by atoms with van der Waals surface area (Å²) in [6, 6.07) is 13.4. The van der Waals surface area contributed by atoms with E-state index in [9.17, 15) is 14.9 Å². The number of rotatable bonds is 4. The number of carbonyl (C=O) groups is 1. The zero-order chi connectivity index (χ0) is 15.2. The summed E-state index contributed by atoms with van der Waals surface area (Å²) >= 11 is 3.30. The van der Waals surface area contributed by atoms with Crippen LogP contribution in [0.25, 0.3) is 6.08 Å². The Hall–Kier alpha value is -2.47. The van der Waals surface area contributed by atoms with Crippen LogP contribution >= 0.6 is 15.9 Å². The summed E-state index contributed by atoms with van der Waals surface area (Å²) in [7, 11) is 0. The molecule has 0 saturated carbocycles. The third-order valence-electron chi connectivity index (χ3n) is 2.66.